The van der Waals surface area contributed by atoms with Gasteiger partial charge in [0.05, 0.1) is 11.1 Å². The van der Waals surface area contributed by atoms with E-state index in [1.807, 2.05) is 30.3 Å². The summed E-state index contributed by atoms with van der Waals surface area (Å²) < 4.78 is 0. The van der Waals surface area contributed by atoms with Crippen molar-refractivity contribution < 1.29 is 0 Å². The zero-order valence-electron chi connectivity index (χ0n) is 11.0. The van der Waals surface area contributed by atoms with Crippen molar-refractivity contribution in [2.24, 2.45) is 5.41 Å². The van der Waals surface area contributed by atoms with Crippen LogP contribution >= 0.6 is 0 Å². The van der Waals surface area contributed by atoms with Gasteiger partial charge >= 0.3 is 0 Å². The molecule has 0 atom stereocenters. The first-order valence-corrected chi connectivity index (χ1v) is 6.03. The highest BCUT2D eigenvalue weighted by molar-refractivity contribution is 5.82. The van der Waals surface area contributed by atoms with Crippen molar-refractivity contribution >= 4 is 16.7 Å². The average Bonchev–Trinajstić information content (AvgIpc) is 2.34. The molecule has 3 heteroatoms. The second-order valence-electron chi connectivity index (χ2n) is 5.60. The third kappa shape index (κ3) is 2.78. The maximum atomic E-state index is 9.18. The summed E-state index contributed by atoms with van der Waals surface area (Å²) in [6, 6.07) is 11.9. The Bertz CT molecular complexity index is 603. The molecule has 92 valence electrons. The number of pyridine rings is 1. The number of rotatable bonds is 2. The number of fused-ring (bicyclic) bond motifs is 1. The minimum atomic E-state index is 0.153. The molecule has 0 aliphatic carbocycles. The standard InChI is InChI=1S/C15H17N3/c1-15(2,3)10-17-14-12(9-16)8-11-6-4-5-7-13(11)18-14/h4-8H,10H2,1-3H3,(H,17,18). The zero-order chi connectivity index (χ0) is 13.2. The van der Waals surface area contributed by atoms with Gasteiger partial charge in [-0.25, -0.2) is 4.98 Å². The van der Waals surface area contributed by atoms with Gasteiger partial charge in [-0.2, -0.15) is 5.26 Å². The maximum Gasteiger partial charge on any atom is 0.144 e. The largest absolute Gasteiger partial charge is 0.368 e. The summed E-state index contributed by atoms with van der Waals surface area (Å²) in [6.07, 6.45) is 0. The van der Waals surface area contributed by atoms with E-state index >= 15 is 0 Å². The normalized spacial score (nSPS) is 11.2. The number of nitrogens with one attached hydrogen (secondary N) is 1. The maximum absolute atomic E-state index is 9.18. The Morgan fingerprint density at radius 2 is 2.00 bits per heavy atom. The van der Waals surface area contributed by atoms with Crippen LogP contribution in [0.1, 0.15) is 26.3 Å². The van der Waals surface area contributed by atoms with Crippen molar-refractivity contribution in [1.82, 2.24) is 4.98 Å². The van der Waals surface area contributed by atoms with E-state index in [0.717, 1.165) is 17.4 Å². The third-order valence-corrected chi connectivity index (χ3v) is 2.63. The van der Waals surface area contributed by atoms with E-state index in [9.17, 15) is 5.26 Å². The first-order chi connectivity index (χ1) is 8.49. The highest BCUT2D eigenvalue weighted by atomic mass is 15.0. The van der Waals surface area contributed by atoms with Crippen LogP contribution in [0.15, 0.2) is 30.3 Å². The molecule has 1 N–H and O–H groups in total. The number of benzene rings is 1. The summed E-state index contributed by atoms with van der Waals surface area (Å²) >= 11 is 0. The molecule has 2 rings (SSSR count). The Kier molecular flexibility index (Phi) is 3.20. The van der Waals surface area contributed by atoms with E-state index in [1.54, 1.807) is 0 Å². The molecule has 0 amide bonds. The molecule has 0 spiro atoms. The summed E-state index contributed by atoms with van der Waals surface area (Å²) in [7, 11) is 0. The molecule has 0 fully saturated rings. The lowest BCUT2D eigenvalue weighted by Crippen LogP contribution is -2.20. The smallest absolute Gasteiger partial charge is 0.144 e. The number of para-hydroxylation sites is 1. The monoisotopic (exact) mass is 239 g/mol. The number of nitriles is 1. The second kappa shape index (κ2) is 4.66. The van der Waals surface area contributed by atoms with Gasteiger partial charge in [0.25, 0.3) is 0 Å². The fourth-order valence-corrected chi connectivity index (χ4v) is 1.68. The van der Waals surface area contributed by atoms with E-state index in [1.165, 1.54) is 0 Å². The van der Waals surface area contributed by atoms with Gasteiger partial charge in [-0.1, -0.05) is 39.0 Å². The van der Waals surface area contributed by atoms with E-state index in [2.05, 4.69) is 37.1 Å². The molecule has 0 unspecified atom stereocenters. The zero-order valence-corrected chi connectivity index (χ0v) is 11.0. The van der Waals surface area contributed by atoms with Gasteiger partial charge in [-0.3, -0.25) is 0 Å². The number of aromatic nitrogens is 1. The Hall–Kier alpha value is -2.08. The molecule has 18 heavy (non-hydrogen) atoms. The van der Waals surface area contributed by atoms with E-state index in [-0.39, 0.29) is 5.41 Å². The Balaban J connectivity index is 2.40. The van der Waals surface area contributed by atoms with E-state index < -0.39 is 0 Å². The topological polar surface area (TPSA) is 48.7 Å². The summed E-state index contributed by atoms with van der Waals surface area (Å²) in [4.78, 5) is 4.52. The van der Waals surface area contributed by atoms with Crippen molar-refractivity contribution in [1.29, 1.82) is 5.26 Å². The Morgan fingerprint density at radius 1 is 1.28 bits per heavy atom. The fourth-order valence-electron chi connectivity index (χ4n) is 1.68. The molecule has 0 bridgehead atoms. The van der Waals surface area contributed by atoms with Gasteiger partial charge in [-0.15, -0.1) is 0 Å². The number of hydrogen-bond acceptors (Lipinski definition) is 3. The summed E-state index contributed by atoms with van der Waals surface area (Å²) in [5, 5.41) is 13.4. The molecular weight excluding hydrogens is 222 g/mol. The lowest BCUT2D eigenvalue weighted by molar-refractivity contribution is 0.442. The summed E-state index contributed by atoms with van der Waals surface area (Å²) in [6.45, 7) is 7.22. The van der Waals surface area contributed by atoms with Crippen LogP contribution in [0.25, 0.3) is 10.9 Å². The van der Waals surface area contributed by atoms with Gasteiger partial charge in [0.1, 0.15) is 11.9 Å². The van der Waals surface area contributed by atoms with Crippen molar-refractivity contribution in [2.45, 2.75) is 20.8 Å². The van der Waals surface area contributed by atoms with Gasteiger partial charge < -0.3 is 5.32 Å². The number of hydrogen-bond donors (Lipinski definition) is 1. The summed E-state index contributed by atoms with van der Waals surface area (Å²) in [5.74, 6) is 0.672. The molecule has 0 aliphatic rings. The quantitative estimate of drug-likeness (QED) is 0.871. The Morgan fingerprint density at radius 3 is 2.67 bits per heavy atom. The van der Waals surface area contributed by atoms with Crippen LogP contribution in [0.4, 0.5) is 5.82 Å². The van der Waals surface area contributed by atoms with Gasteiger partial charge in [0, 0.05) is 11.9 Å². The molecule has 0 radical (unpaired) electrons. The van der Waals surface area contributed by atoms with Crippen LogP contribution in [0, 0.1) is 16.7 Å². The highest BCUT2D eigenvalue weighted by Crippen LogP contribution is 2.21. The average molecular weight is 239 g/mol. The van der Waals surface area contributed by atoms with E-state index in [0.29, 0.717) is 11.4 Å². The van der Waals surface area contributed by atoms with Crippen LogP contribution in [-0.4, -0.2) is 11.5 Å². The SMILES string of the molecule is CC(C)(C)CNc1nc2ccccc2cc1C#N. The van der Waals surface area contributed by atoms with Crippen LogP contribution in [-0.2, 0) is 0 Å². The van der Waals surface area contributed by atoms with Crippen LogP contribution < -0.4 is 5.32 Å². The van der Waals surface area contributed by atoms with Crippen molar-refractivity contribution in [2.75, 3.05) is 11.9 Å². The Labute approximate surface area is 107 Å². The molecule has 1 heterocycles. The minimum absolute atomic E-state index is 0.153. The van der Waals surface area contributed by atoms with Crippen molar-refractivity contribution in [3.8, 4) is 6.07 Å². The lowest BCUT2D eigenvalue weighted by atomic mass is 9.97. The molecule has 2 aromatic rings. The predicted octanol–water partition coefficient (Wildman–Crippen LogP) is 3.56. The number of nitrogens with zero attached hydrogens (tertiary/aromatic N) is 2. The molecule has 0 aliphatic heterocycles. The van der Waals surface area contributed by atoms with Gasteiger partial charge in [0.15, 0.2) is 0 Å². The third-order valence-electron chi connectivity index (χ3n) is 2.63. The molecule has 0 saturated heterocycles. The van der Waals surface area contributed by atoms with Crippen molar-refractivity contribution in [3.05, 3.63) is 35.9 Å². The van der Waals surface area contributed by atoms with Crippen molar-refractivity contribution in [3.63, 3.8) is 0 Å². The molecule has 0 saturated carbocycles. The highest BCUT2D eigenvalue weighted by Gasteiger charge is 2.12. The van der Waals surface area contributed by atoms with E-state index in [4.69, 9.17) is 0 Å². The predicted molar refractivity (Wildman–Crippen MR) is 74.4 cm³/mol. The summed E-state index contributed by atoms with van der Waals surface area (Å²) in [5.41, 5.74) is 1.66. The minimum Gasteiger partial charge on any atom is -0.368 e. The molecule has 3 nitrogen and oxygen atoms in total. The van der Waals surface area contributed by atoms with Crippen LogP contribution in [0.3, 0.4) is 0 Å². The molecular formula is C15H17N3. The first-order valence-electron chi connectivity index (χ1n) is 6.03. The molecule has 1 aromatic heterocycles. The molecule has 1 aromatic carbocycles. The second-order valence-corrected chi connectivity index (χ2v) is 5.60. The van der Waals surface area contributed by atoms with Gasteiger partial charge in [-0.05, 0) is 17.5 Å². The fraction of sp³-hybridized carbons (Fsp3) is 0.333. The lowest BCUT2D eigenvalue weighted by Gasteiger charge is -2.19. The number of anilines is 1. The first kappa shape index (κ1) is 12.4. The van der Waals surface area contributed by atoms with Gasteiger partial charge in [0.2, 0.25) is 0 Å². The van der Waals surface area contributed by atoms with Crippen LogP contribution in [0.5, 0.6) is 0 Å². The van der Waals surface area contributed by atoms with Crippen LogP contribution in [0.2, 0.25) is 0 Å².